The van der Waals surface area contributed by atoms with E-state index in [0.29, 0.717) is 0 Å². The molecule has 0 saturated carbocycles. The van der Waals surface area contributed by atoms with Crippen molar-refractivity contribution in [2.24, 2.45) is 5.41 Å². The van der Waals surface area contributed by atoms with Crippen LogP contribution in [0.15, 0.2) is 36.5 Å². The van der Waals surface area contributed by atoms with E-state index in [1.165, 1.54) is 20.8 Å². The Balaban J connectivity index is -0.000000394. The number of hydrogen-bond acceptors (Lipinski definition) is 7. The Labute approximate surface area is 158 Å². The number of carboxylic acid groups (broad SMARTS) is 2. The highest BCUT2D eigenvalue weighted by molar-refractivity contribution is 5.87. The largest absolute Gasteiger partial charge is 0.478 e. The van der Waals surface area contributed by atoms with Crippen molar-refractivity contribution >= 4 is 17.9 Å². The van der Waals surface area contributed by atoms with E-state index in [1.807, 2.05) is 0 Å². The lowest BCUT2D eigenvalue weighted by Gasteiger charge is -2.26. The normalized spacial score (nSPS) is 9.56. The predicted octanol–water partition coefficient (Wildman–Crippen LogP) is 0.753. The van der Waals surface area contributed by atoms with Crippen LogP contribution in [0, 0.1) is 5.41 Å². The van der Waals surface area contributed by atoms with E-state index >= 15 is 0 Å². The van der Waals surface area contributed by atoms with Crippen LogP contribution in [0.2, 0.25) is 0 Å². The second-order valence-corrected chi connectivity index (χ2v) is 5.81. The lowest BCUT2D eigenvalue weighted by atomic mass is 9.88. The van der Waals surface area contributed by atoms with Crippen molar-refractivity contribution < 1.29 is 44.7 Å². The van der Waals surface area contributed by atoms with Gasteiger partial charge in [-0.2, -0.15) is 0 Å². The Morgan fingerprint density at radius 1 is 0.778 bits per heavy atom. The third kappa shape index (κ3) is 16.7. The highest BCUT2D eigenvalue weighted by Crippen LogP contribution is 2.19. The molecule has 0 saturated heterocycles. The molecule has 0 radical (unpaired) electrons. The summed E-state index contributed by atoms with van der Waals surface area (Å²) in [6.45, 7) is 13.1. The summed E-state index contributed by atoms with van der Waals surface area (Å²) in [5.74, 6) is -2.39. The first-order valence-corrected chi connectivity index (χ1v) is 7.73. The van der Waals surface area contributed by atoms with Crippen LogP contribution in [0.4, 0.5) is 0 Å². The summed E-state index contributed by atoms with van der Waals surface area (Å²) >= 11 is 0. The van der Waals surface area contributed by atoms with Gasteiger partial charge in [0, 0.05) is 22.1 Å². The van der Waals surface area contributed by atoms with Gasteiger partial charge in [-0.3, -0.25) is 0 Å². The first-order valence-electron chi connectivity index (χ1n) is 7.73. The van der Waals surface area contributed by atoms with Gasteiger partial charge in [0.25, 0.3) is 0 Å². The molecule has 0 aromatic rings. The zero-order valence-corrected chi connectivity index (χ0v) is 16.0. The molecule has 0 unspecified atom stereocenters. The molecule has 0 atom stereocenters. The number of esters is 1. The Morgan fingerprint density at radius 3 is 1.26 bits per heavy atom. The number of aliphatic hydroxyl groups is 3. The molecule has 0 spiro atoms. The first kappa shape index (κ1) is 29.3. The Morgan fingerprint density at radius 2 is 1.07 bits per heavy atom. The van der Waals surface area contributed by atoms with E-state index in [4.69, 9.17) is 30.3 Å². The fourth-order valence-electron chi connectivity index (χ4n) is 0.871. The summed E-state index contributed by atoms with van der Waals surface area (Å²) in [7, 11) is 0. The van der Waals surface area contributed by atoms with Crippen molar-refractivity contribution in [1.29, 1.82) is 0 Å². The second kappa shape index (κ2) is 15.7. The summed E-state index contributed by atoms with van der Waals surface area (Å²) in [5, 5.41) is 42.7. The number of rotatable bonds is 9. The van der Waals surface area contributed by atoms with E-state index in [9.17, 15) is 14.4 Å². The van der Waals surface area contributed by atoms with Crippen LogP contribution < -0.4 is 0 Å². The van der Waals surface area contributed by atoms with E-state index in [2.05, 4.69) is 19.7 Å². The van der Waals surface area contributed by atoms with Gasteiger partial charge in [-0.25, -0.2) is 14.4 Å². The van der Waals surface area contributed by atoms with Gasteiger partial charge in [-0.1, -0.05) is 19.7 Å². The Bertz CT molecular complexity index is 475. The Kier molecular flexibility index (Phi) is 17.1. The van der Waals surface area contributed by atoms with Crippen molar-refractivity contribution in [3.8, 4) is 0 Å². The minimum absolute atomic E-state index is 0.0351. The first-order chi connectivity index (χ1) is 12.3. The van der Waals surface area contributed by atoms with Crippen LogP contribution in [0.3, 0.4) is 0 Å². The fourth-order valence-corrected chi connectivity index (χ4v) is 0.871. The molecule has 0 aliphatic rings. The molecular weight excluding hydrogens is 360 g/mol. The average molecular weight is 390 g/mol. The maximum Gasteiger partial charge on any atom is 0.333 e. The van der Waals surface area contributed by atoms with Crippen LogP contribution in [0.1, 0.15) is 27.2 Å². The van der Waals surface area contributed by atoms with Gasteiger partial charge in [0.1, 0.15) is 0 Å². The smallest absolute Gasteiger partial charge is 0.333 e. The molecule has 0 aromatic carbocycles. The third-order valence-corrected chi connectivity index (χ3v) is 2.95. The van der Waals surface area contributed by atoms with Crippen molar-refractivity contribution in [2.75, 3.05) is 26.4 Å². The number of hydrogen-bond donors (Lipinski definition) is 5. The number of carbonyl (C=O) groups excluding carboxylic acids is 1. The predicted molar refractivity (Wildman–Crippen MR) is 99.0 cm³/mol. The molecule has 156 valence electrons. The highest BCUT2D eigenvalue weighted by Gasteiger charge is 2.28. The van der Waals surface area contributed by atoms with E-state index < -0.39 is 23.3 Å². The number of carbonyl (C=O) groups is 3. The minimum Gasteiger partial charge on any atom is -0.478 e. The molecule has 0 aliphatic heterocycles. The van der Waals surface area contributed by atoms with Gasteiger partial charge in [0.15, 0.2) is 0 Å². The van der Waals surface area contributed by atoms with E-state index in [1.54, 1.807) is 0 Å². The molecule has 5 N–H and O–H groups in total. The topological polar surface area (TPSA) is 162 Å². The van der Waals surface area contributed by atoms with E-state index in [0.717, 1.165) is 0 Å². The third-order valence-electron chi connectivity index (χ3n) is 2.95. The van der Waals surface area contributed by atoms with Crippen LogP contribution in [-0.2, 0) is 19.1 Å². The molecule has 0 aromatic heterocycles. The monoisotopic (exact) mass is 390 g/mol. The summed E-state index contributed by atoms with van der Waals surface area (Å²) in [5.41, 5.74) is -0.349. The molecule has 0 aliphatic carbocycles. The van der Waals surface area contributed by atoms with Crippen LogP contribution >= 0.6 is 0 Å². The standard InChI is InChI=1S/C10H18O5.2C4H6O2/c1-8(2)9(14)15-4-3-10(5-11,6-12)7-13;2*1-3(2)4(5)6/h11-13H,1,3-7H2,2H3;2*1H2,2H3,(H,5,6). The van der Waals surface area contributed by atoms with Crippen molar-refractivity contribution in [3.05, 3.63) is 36.5 Å². The van der Waals surface area contributed by atoms with Gasteiger partial charge in [0.2, 0.25) is 0 Å². The maximum atomic E-state index is 11.0. The van der Waals surface area contributed by atoms with Crippen LogP contribution in [-0.4, -0.2) is 69.9 Å². The van der Waals surface area contributed by atoms with Gasteiger partial charge in [-0.05, 0) is 27.2 Å². The number of aliphatic carboxylic acids is 2. The number of carboxylic acids is 2. The number of ether oxygens (including phenoxy) is 1. The lowest BCUT2D eigenvalue weighted by molar-refractivity contribution is -0.140. The summed E-state index contributed by atoms with van der Waals surface area (Å²) in [4.78, 5) is 30.2. The molecule has 0 heterocycles. The van der Waals surface area contributed by atoms with E-state index in [-0.39, 0.29) is 49.6 Å². The second-order valence-electron chi connectivity index (χ2n) is 5.81. The van der Waals surface area contributed by atoms with Crippen LogP contribution in [0.5, 0.6) is 0 Å². The zero-order valence-electron chi connectivity index (χ0n) is 16.0. The lowest BCUT2D eigenvalue weighted by Crippen LogP contribution is -2.35. The molecular formula is C18H30O9. The van der Waals surface area contributed by atoms with Gasteiger partial charge in [0.05, 0.1) is 26.4 Å². The average Bonchev–Trinajstić information content (AvgIpc) is 2.59. The fraction of sp³-hybridized carbons (Fsp3) is 0.500. The highest BCUT2D eigenvalue weighted by atomic mass is 16.5. The van der Waals surface area contributed by atoms with Gasteiger partial charge in [-0.15, -0.1) is 0 Å². The summed E-state index contributed by atoms with van der Waals surface area (Å²) in [6.07, 6.45) is 0.204. The molecule has 0 amide bonds. The quantitative estimate of drug-likeness (QED) is 0.282. The molecule has 0 fully saturated rings. The van der Waals surface area contributed by atoms with Crippen molar-refractivity contribution in [3.63, 3.8) is 0 Å². The molecule has 0 rings (SSSR count). The summed E-state index contributed by atoms with van der Waals surface area (Å²) < 4.78 is 4.79. The SMILES string of the molecule is C=C(C)C(=O)O.C=C(C)C(=O)O.C=C(C)C(=O)OCCC(CO)(CO)CO. The van der Waals surface area contributed by atoms with Gasteiger partial charge >= 0.3 is 17.9 Å². The van der Waals surface area contributed by atoms with Gasteiger partial charge < -0.3 is 30.3 Å². The Hall–Kier alpha value is -2.49. The zero-order chi connectivity index (χ0) is 22.2. The molecule has 27 heavy (non-hydrogen) atoms. The molecule has 9 heteroatoms. The molecule has 9 nitrogen and oxygen atoms in total. The molecule has 0 bridgehead atoms. The number of aliphatic hydroxyl groups excluding tert-OH is 3. The van der Waals surface area contributed by atoms with Crippen molar-refractivity contribution in [1.82, 2.24) is 0 Å². The van der Waals surface area contributed by atoms with Crippen molar-refractivity contribution in [2.45, 2.75) is 27.2 Å². The van der Waals surface area contributed by atoms with Crippen LogP contribution in [0.25, 0.3) is 0 Å². The minimum atomic E-state index is -0.991. The summed E-state index contributed by atoms with van der Waals surface area (Å²) in [6, 6.07) is 0. The maximum absolute atomic E-state index is 11.0.